The lowest BCUT2D eigenvalue weighted by Gasteiger charge is -2.28. The maximum atomic E-state index is 12.4. The molecule has 0 radical (unpaired) electrons. The molecule has 1 atom stereocenters. The van der Waals surface area contributed by atoms with E-state index in [1.165, 1.54) is 17.2 Å². The molecule has 2 heterocycles. The number of nitrogens with one attached hydrogen (secondary N) is 1. The van der Waals surface area contributed by atoms with E-state index >= 15 is 0 Å². The molecule has 0 aliphatic carbocycles. The minimum atomic E-state index is -0.478. The lowest BCUT2D eigenvalue weighted by atomic mass is 10.1. The first kappa shape index (κ1) is 17.6. The fourth-order valence-corrected chi connectivity index (χ4v) is 4.41. The molecule has 0 saturated carbocycles. The van der Waals surface area contributed by atoms with Gasteiger partial charge in [0.1, 0.15) is 5.75 Å². The van der Waals surface area contributed by atoms with Crippen LogP contribution in [-0.4, -0.2) is 36.6 Å². The van der Waals surface area contributed by atoms with Gasteiger partial charge < -0.3 is 15.0 Å². The van der Waals surface area contributed by atoms with Crippen molar-refractivity contribution in [3.05, 3.63) is 58.6 Å². The average molecular weight is 389 g/mol. The normalized spacial score (nSPS) is 19.0. The van der Waals surface area contributed by atoms with Gasteiger partial charge in [0.2, 0.25) is 0 Å². The van der Waals surface area contributed by atoms with E-state index in [-0.39, 0.29) is 5.91 Å². The van der Waals surface area contributed by atoms with Crippen LogP contribution in [0.1, 0.15) is 11.1 Å². The van der Waals surface area contributed by atoms with Crippen LogP contribution in [-0.2, 0) is 17.8 Å². The zero-order valence-electron chi connectivity index (χ0n) is 14.4. The van der Waals surface area contributed by atoms with Gasteiger partial charge in [0, 0.05) is 48.3 Å². The predicted octanol–water partition coefficient (Wildman–Crippen LogP) is 3.51. The first-order valence-corrected chi connectivity index (χ1v) is 10.4. The van der Waals surface area contributed by atoms with Crippen LogP contribution in [0.3, 0.4) is 0 Å². The minimum Gasteiger partial charge on any atom is -0.480 e. The molecule has 1 N–H and O–H groups in total. The molecule has 6 heteroatoms. The number of hydrogen-bond donors (Lipinski definition) is 1. The smallest absolute Gasteiger partial charge is 0.261 e. The Morgan fingerprint density at radius 1 is 1.19 bits per heavy atom. The largest absolute Gasteiger partial charge is 0.480 e. The van der Waals surface area contributed by atoms with Crippen LogP contribution in [0.5, 0.6) is 5.75 Å². The predicted molar refractivity (Wildman–Crippen MR) is 107 cm³/mol. The lowest BCUT2D eigenvalue weighted by Crippen LogP contribution is -2.37. The van der Waals surface area contributed by atoms with Gasteiger partial charge in [-0.15, -0.1) is 0 Å². The number of amides is 1. The summed E-state index contributed by atoms with van der Waals surface area (Å²) in [7, 11) is 0. The number of thioether (sulfide) groups is 1. The van der Waals surface area contributed by atoms with Crippen molar-refractivity contribution < 1.29 is 9.53 Å². The highest BCUT2D eigenvalue weighted by Gasteiger charge is 2.29. The number of ether oxygens (including phenoxy) is 1. The SMILES string of the molecule is O=C(NCc1ccc(N2CCSCC2)cc1)C1Cc2cc(Cl)ccc2O1. The van der Waals surface area contributed by atoms with Gasteiger partial charge in [-0.1, -0.05) is 23.7 Å². The van der Waals surface area contributed by atoms with E-state index in [4.69, 9.17) is 16.3 Å². The van der Waals surface area contributed by atoms with Crippen molar-refractivity contribution >= 4 is 35.0 Å². The van der Waals surface area contributed by atoms with Crippen LogP contribution in [0.4, 0.5) is 5.69 Å². The number of halogens is 1. The van der Waals surface area contributed by atoms with Gasteiger partial charge in [0.25, 0.3) is 5.91 Å². The summed E-state index contributed by atoms with van der Waals surface area (Å²) in [5.74, 6) is 3.03. The molecule has 0 spiro atoms. The molecular weight excluding hydrogens is 368 g/mol. The molecule has 2 aliphatic heterocycles. The van der Waals surface area contributed by atoms with Gasteiger partial charge in [0.05, 0.1) is 0 Å². The number of carbonyl (C=O) groups is 1. The third-order valence-corrected chi connectivity index (χ3v) is 5.95. The monoisotopic (exact) mass is 388 g/mol. The van der Waals surface area contributed by atoms with Crippen LogP contribution >= 0.6 is 23.4 Å². The zero-order valence-corrected chi connectivity index (χ0v) is 16.0. The summed E-state index contributed by atoms with van der Waals surface area (Å²) in [5.41, 5.74) is 3.33. The lowest BCUT2D eigenvalue weighted by molar-refractivity contribution is -0.127. The Hall–Kier alpha value is -1.85. The molecular formula is C20H21ClN2O2S. The first-order valence-electron chi connectivity index (χ1n) is 8.83. The highest BCUT2D eigenvalue weighted by molar-refractivity contribution is 7.99. The highest BCUT2D eigenvalue weighted by atomic mass is 35.5. The molecule has 26 heavy (non-hydrogen) atoms. The van der Waals surface area contributed by atoms with E-state index in [0.717, 1.165) is 30.0 Å². The number of carbonyl (C=O) groups excluding carboxylic acids is 1. The second-order valence-corrected chi connectivity index (χ2v) is 8.21. The van der Waals surface area contributed by atoms with Gasteiger partial charge >= 0.3 is 0 Å². The summed E-state index contributed by atoms with van der Waals surface area (Å²) >= 11 is 8.01. The summed E-state index contributed by atoms with van der Waals surface area (Å²) < 4.78 is 5.73. The van der Waals surface area contributed by atoms with Crippen molar-refractivity contribution in [1.29, 1.82) is 0 Å². The van der Waals surface area contributed by atoms with Crippen molar-refractivity contribution in [3.63, 3.8) is 0 Å². The molecule has 136 valence electrons. The standard InChI is InChI=1S/C20H21ClN2O2S/c21-16-3-6-18-15(11-16)12-19(25-18)20(24)22-13-14-1-4-17(5-2-14)23-7-9-26-10-8-23/h1-6,11,19H,7-10,12-13H2,(H,22,24). The molecule has 1 unspecified atom stereocenters. The Kier molecular flexibility index (Phi) is 5.27. The number of benzene rings is 2. The fraction of sp³-hybridized carbons (Fsp3) is 0.350. The number of anilines is 1. The fourth-order valence-electron chi connectivity index (χ4n) is 3.31. The van der Waals surface area contributed by atoms with E-state index in [0.29, 0.717) is 18.0 Å². The van der Waals surface area contributed by atoms with Crippen molar-refractivity contribution in [2.75, 3.05) is 29.5 Å². The van der Waals surface area contributed by atoms with Crippen LogP contribution in [0, 0.1) is 0 Å². The second-order valence-electron chi connectivity index (χ2n) is 6.55. The molecule has 1 fully saturated rings. The van der Waals surface area contributed by atoms with E-state index in [2.05, 4.69) is 34.5 Å². The quantitative estimate of drug-likeness (QED) is 0.870. The van der Waals surface area contributed by atoms with Gasteiger partial charge in [-0.3, -0.25) is 4.79 Å². The molecule has 2 aliphatic rings. The molecule has 1 saturated heterocycles. The van der Waals surface area contributed by atoms with Crippen molar-refractivity contribution in [2.45, 2.75) is 19.1 Å². The number of rotatable bonds is 4. The van der Waals surface area contributed by atoms with E-state index < -0.39 is 6.10 Å². The molecule has 2 aromatic carbocycles. The van der Waals surface area contributed by atoms with Gasteiger partial charge in [-0.05, 0) is 41.5 Å². The van der Waals surface area contributed by atoms with Crippen LogP contribution < -0.4 is 15.0 Å². The minimum absolute atomic E-state index is 0.0885. The molecule has 4 rings (SSSR count). The van der Waals surface area contributed by atoms with E-state index in [9.17, 15) is 4.79 Å². The topological polar surface area (TPSA) is 41.6 Å². The molecule has 4 nitrogen and oxygen atoms in total. The molecule has 1 amide bonds. The zero-order chi connectivity index (χ0) is 17.9. The van der Waals surface area contributed by atoms with Crippen LogP contribution in [0.25, 0.3) is 0 Å². The Morgan fingerprint density at radius 2 is 1.96 bits per heavy atom. The van der Waals surface area contributed by atoms with Crippen molar-refractivity contribution in [3.8, 4) is 5.75 Å². The summed E-state index contributed by atoms with van der Waals surface area (Å²) in [6, 6.07) is 13.9. The summed E-state index contributed by atoms with van der Waals surface area (Å²) in [6.45, 7) is 2.71. The van der Waals surface area contributed by atoms with E-state index in [1.54, 1.807) is 6.07 Å². The Bertz CT molecular complexity index is 791. The number of nitrogens with zero attached hydrogens (tertiary/aromatic N) is 1. The molecule has 2 aromatic rings. The highest BCUT2D eigenvalue weighted by Crippen LogP contribution is 2.31. The third-order valence-electron chi connectivity index (χ3n) is 4.77. The van der Waals surface area contributed by atoms with Crippen molar-refractivity contribution in [1.82, 2.24) is 5.32 Å². The van der Waals surface area contributed by atoms with E-state index in [1.807, 2.05) is 23.9 Å². The molecule has 0 bridgehead atoms. The summed E-state index contributed by atoms with van der Waals surface area (Å²) in [4.78, 5) is 14.8. The molecule has 0 aromatic heterocycles. The van der Waals surface area contributed by atoms with Crippen molar-refractivity contribution in [2.24, 2.45) is 0 Å². The van der Waals surface area contributed by atoms with Gasteiger partial charge in [0.15, 0.2) is 6.10 Å². The Morgan fingerprint density at radius 3 is 2.73 bits per heavy atom. The van der Waals surface area contributed by atoms with Crippen LogP contribution in [0.2, 0.25) is 5.02 Å². The number of hydrogen-bond acceptors (Lipinski definition) is 4. The van der Waals surface area contributed by atoms with Gasteiger partial charge in [-0.2, -0.15) is 11.8 Å². The third kappa shape index (κ3) is 3.94. The number of fused-ring (bicyclic) bond motifs is 1. The Labute approximate surface area is 162 Å². The Balaban J connectivity index is 1.31. The maximum Gasteiger partial charge on any atom is 0.261 e. The first-order chi connectivity index (χ1) is 12.7. The second kappa shape index (κ2) is 7.80. The maximum absolute atomic E-state index is 12.4. The average Bonchev–Trinajstić information content (AvgIpc) is 3.10. The summed E-state index contributed by atoms with van der Waals surface area (Å²) in [6.07, 6.45) is 0.0850. The van der Waals surface area contributed by atoms with Gasteiger partial charge in [-0.25, -0.2) is 0 Å². The van der Waals surface area contributed by atoms with Crippen LogP contribution in [0.15, 0.2) is 42.5 Å². The summed E-state index contributed by atoms with van der Waals surface area (Å²) in [5, 5.41) is 3.64.